The van der Waals surface area contributed by atoms with Crippen LogP contribution in [0, 0.1) is 12.7 Å². The Morgan fingerprint density at radius 1 is 0.979 bits per heavy atom. The molecule has 2 heterocycles. The number of phenols is 1. The zero-order valence-corrected chi connectivity index (χ0v) is 26.8. The van der Waals surface area contributed by atoms with E-state index in [1.165, 1.54) is 48.0 Å². The SMILES string of the molecule is COc1cc(C2/C(=C(\O)c3ccc(OCc4cccc(C)c4)cc3)C(=O)C(=O)N2c2nnc(SCc3ccc(F)cc3)s2)ccc1O. The second kappa shape index (κ2) is 13.7. The van der Waals surface area contributed by atoms with Crippen LogP contribution in [-0.4, -0.2) is 39.2 Å². The molecule has 47 heavy (non-hydrogen) atoms. The van der Waals surface area contributed by atoms with Crippen LogP contribution < -0.4 is 14.4 Å². The molecular formula is C35H28FN3O6S2. The van der Waals surface area contributed by atoms with Crippen molar-refractivity contribution in [3.05, 3.63) is 130 Å². The molecule has 1 fully saturated rings. The number of Topliss-reactive ketones (excluding diaryl/α,β-unsaturated/α-hetero) is 1. The molecule has 1 atom stereocenters. The smallest absolute Gasteiger partial charge is 0.301 e. The number of aromatic hydroxyl groups is 1. The topological polar surface area (TPSA) is 122 Å². The summed E-state index contributed by atoms with van der Waals surface area (Å²) in [5.74, 6) is -1.49. The molecule has 6 rings (SSSR count). The third kappa shape index (κ3) is 6.83. The van der Waals surface area contributed by atoms with E-state index >= 15 is 0 Å². The Morgan fingerprint density at radius 2 is 1.74 bits per heavy atom. The Hall–Kier alpha value is -5.20. The highest BCUT2D eigenvalue weighted by Gasteiger charge is 2.48. The third-order valence-corrected chi connectivity index (χ3v) is 9.58. The van der Waals surface area contributed by atoms with Gasteiger partial charge >= 0.3 is 5.91 Å². The number of aliphatic hydroxyl groups is 1. The van der Waals surface area contributed by atoms with E-state index in [-0.39, 0.29) is 33.8 Å². The van der Waals surface area contributed by atoms with Gasteiger partial charge in [0.05, 0.1) is 18.7 Å². The number of halogens is 1. The Morgan fingerprint density at radius 3 is 2.47 bits per heavy atom. The van der Waals surface area contributed by atoms with E-state index in [1.54, 1.807) is 42.5 Å². The number of thioether (sulfide) groups is 1. The molecule has 1 aliphatic rings. The van der Waals surface area contributed by atoms with Crippen LogP contribution in [0.15, 0.2) is 101 Å². The van der Waals surface area contributed by atoms with E-state index in [1.807, 2.05) is 31.2 Å². The average molecular weight is 670 g/mol. The average Bonchev–Trinajstić information content (AvgIpc) is 3.65. The maximum atomic E-state index is 13.6. The summed E-state index contributed by atoms with van der Waals surface area (Å²) in [5, 5.41) is 30.4. The Balaban J connectivity index is 1.32. The van der Waals surface area contributed by atoms with Crippen molar-refractivity contribution in [3.63, 3.8) is 0 Å². The van der Waals surface area contributed by atoms with Gasteiger partial charge in [0.25, 0.3) is 5.78 Å². The Bertz CT molecular complexity index is 1980. The number of nitrogens with zero attached hydrogens (tertiary/aromatic N) is 3. The molecule has 1 amide bonds. The summed E-state index contributed by atoms with van der Waals surface area (Å²) in [7, 11) is 1.38. The van der Waals surface area contributed by atoms with E-state index in [4.69, 9.17) is 9.47 Å². The molecule has 2 N–H and O–H groups in total. The number of rotatable bonds is 10. The number of aryl methyl sites for hydroxylation is 1. The maximum Gasteiger partial charge on any atom is 0.301 e. The standard InChI is InChI=1S/C35H28FN3O6S2/c1-20-4-3-5-22(16-20)18-45-26-13-8-23(9-14-26)31(41)29-30(24-10-15-27(40)28(17-24)44-2)39(33(43)32(29)42)34-37-38-35(47-34)46-19-21-6-11-25(36)12-7-21/h3-17,30,40-41H,18-19H2,1-2H3/b31-29+. The molecule has 9 nitrogen and oxygen atoms in total. The van der Waals surface area contributed by atoms with Crippen molar-refractivity contribution in [2.24, 2.45) is 0 Å². The molecule has 238 valence electrons. The van der Waals surface area contributed by atoms with Crippen molar-refractivity contribution in [2.45, 2.75) is 29.7 Å². The molecule has 0 aliphatic carbocycles. The summed E-state index contributed by atoms with van der Waals surface area (Å²) in [6.07, 6.45) is 0. The molecule has 1 saturated heterocycles. The fraction of sp³-hybridized carbons (Fsp3) is 0.143. The normalized spacial score (nSPS) is 15.6. The van der Waals surface area contributed by atoms with Crippen LogP contribution in [0.5, 0.6) is 17.2 Å². The van der Waals surface area contributed by atoms with Crippen molar-refractivity contribution in [2.75, 3.05) is 12.0 Å². The fourth-order valence-electron chi connectivity index (χ4n) is 5.13. The van der Waals surface area contributed by atoms with Gasteiger partial charge < -0.3 is 19.7 Å². The first kappa shape index (κ1) is 31.8. The first-order valence-electron chi connectivity index (χ1n) is 14.4. The lowest BCUT2D eigenvalue weighted by Crippen LogP contribution is -2.29. The van der Waals surface area contributed by atoms with Crippen molar-refractivity contribution >= 4 is 45.7 Å². The van der Waals surface area contributed by atoms with E-state index in [0.717, 1.165) is 28.0 Å². The number of amides is 1. The van der Waals surface area contributed by atoms with Gasteiger partial charge in [0.15, 0.2) is 15.8 Å². The molecule has 0 radical (unpaired) electrons. The van der Waals surface area contributed by atoms with Gasteiger partial charge in [-0.2, -0.15) is 0 Å². The minimum atomic E-state index is -1.11. The summed E-state index contributed by atoms with van der Waals surface area (Å²) < 4.78 is 25.0. The van der Waals surface area contributed by atoms with Crippen molar-refractivity contribution in [3.8, 4) is 17.2 Å². The Labute approximate surface area is 277 Å². The first-order chi connectivity index (χ1) is 22.7. The minimum absolute atomic E-state index is 0.121. The number of carbonyl (C=O) groups excluding carboxylic acids is 2. The number of phenolic OH excluding ortho intramolecular Hbond substituents is 1. The molecule has 0 spiro atoms. The van der Waals surface area contributed by atoms with Gasteiger partial charge in [-0.3, -0.25) is 14.5 Å². The van der Waals surface area contributed by atoms with Crippen LogP contribution in [0.2, 0.25) is 0 Å². The van der Waals surface area contributed by atoms with Crippen LogP contribution in [0.25, 0.3) is 5.76 Å². The lowest BCUT2D eigenvalue weighted by molar-refractivity contribution is -0.132. The highest BCUT2D eigenvalue weighted by molar-refractivity contribution is 8.00. The number of benzene rings is 4. The quantitative estimate of drug-likeness (QED) is 0.0523. The number of hydrogen-bond acceptors (Lipinski definition) is 10. The largest absolute Gasteiger partial charge is 0.507 e. The summed E-state index contributed by atoms with van der Waals surface area (Å²) in [6.45, 7) is 2.36. The number of anilines is 1. The predicted molar refractivity (Wildman–Crippen MR) is 177 cm³/mol. The predicted octanol–water partition coefficient (Wildman–Crippen LogP) is 7.20. The number of hydrogen-bond donors (Lipinski definition) is 2. The third-order valence-electron chi connectivity index (χ3n) is 7.46. The second-order valence-corrected chi connectivity index (χ2v) is 12.8. The maximum absolute atomic E-state index is 13.6. The first-order valence-corrected chi connectivity index (χ1v) is 16.2. The molecule has 1 unspecified atom stereocenters. The summed E-state index contributed by atoms with van der Waals surface area (Å²) in [5.41, 5.74) is 3.54. The lowest BCUT2D eigenvalue weighted by atomic mass is 9.95. The molecule has 5 aromatic rings. The number of aromatic nitrogens is 2. The van der Waals surface area contributed by atoms with Gasteiger partial charge in [-0.15, -0.1) is 10.2 Å². The fourth-order valence-corrected chi connectivity index (χ4v) is 6.95. The van der Waals surface area contributed by atoms with Gasteiger partial charge in [0.2, 0.25) is 5.13 Å². The molecule has 1 aromatic heterocycles. The van der Waals surface area contributed by atoms with Gasteiger partial charge in [0, 0.05) is 11.3 Å². The van der Waals surface area contributed by atoms with E-state index in [2.05, 4.69) is 10.2 Å². The van der Waals surface area contributed by atoms with Crippen LogP contribution in [0.1, 0.15) is 33.9 Å². The zero-order valence-electron chi connectivity index (χ0n) is 25.2. The molecule has 12 heteroatoms. The van der Waals surface area contributed by atoms with Gasteiger partial charge in [0.1, 0.15) is 23.9 Å². The van der Waals surface area contributed by atoms with Crippen LogP contribution in [-0.2, 0) is 21.9 Å². The van der Waals surface area contributed by atoms with Crippen molar-refractivity contribution in [1.29, 1.82) is 0 Å². The highest BCUT2D eigenvalue weighted by Crippen LogP contribution is 2.45. The van der Waals surface area contributed by atoms with Crippen molar-refractivity contribution < 1.29 is 33.7 Å². The van der Waals surface area contributed by atoms with E-state index in [0.29, 0.717) is 33.6 Å². The molecule has 0 saturated carbocycles. The summed E-state index contributed by atoms with van der Waals surface area (Å²) >= 11 is 2.45. The number of methoxy groups -OCH3 is 1. The molecular weight excluding hydrogens is 642 g/mol. The zero-order chi connectivity index (χ0) is 33.1. The molecule has 1 aliphatic heterocycles. The summed E-state index contributed by atoms with van der Waals surface area (Å²) in [6, 6.07) is 23.9. The molecule has 4 aromatic carbocycles. The Kier molecular flexibility index (Phi) is 9.23. The van der Waals surface area contributed by atoms with Gasteiger partial charge in [-0.05, 0) is 72.1 Å². The van der Waals surface area contributed by atoms with E-state index < -0.39 is 17.7 Å². The molecule has 0 bridgehead atoms. The lowest BCUT2D eigenvalue weighted by Gasteiger charge is -2.23. The number of ether oxygens (including phenoxy) is 2. The van der Waals surface area contributed by atoms with Gasteiger partial charge in [-0.1, -0.05) is 71.1 Å². The van der Waals surface area contributed by atoms with Crippen LogP contribution >= 0.6 is 23.1 Å². The number of aliphatic hydroxyl groups excluding tert-OH is 1. The number of ketones is 1. The van der Waals surface area contributed by atoms with Crippen LogP contribution in [0.4, 0.5) is 9.52 Å². The minimum Gasteiger partial charge on any atom is -0.507 e. The number of carbonyl (C=O) groups is 2. The monoisotopic (exact) mass is 669 g/mol. The van der Waals surface area contributed by atoms with Crippen molar-refractivity contribution in [1.82, 2.24) is 10.2 Å². The summed E-state index contributed by atoms with van der Waals surface area (Å²) in [4.78, 5) is 28.4. The highest BCUT2D eigenvalue weighted by atomic mass is 32.2. The van der Waals surface area contributed by atoms with E-state index in [9.17, 15) is 24.2 Å². The van der Waals surface area contributed by atoms with Gasteiger partial charge in [-0.25, -0.2) is 4.39 Å². The van der Waals surface area contributed by atoms with Crippen LogP contribution in [0.3, 0.4) is 0 Å². The second-order valence-electron chi connectivity index (χ2n) is 10.7.